The molecule has 2 N–H and O–H groups in total. The summed E-state index contributed by atoms with van der Waals surface area (Å²) < 4.78 is 19.6. The summed E-state index contributed by atoms with van der Waals surface area (Å²) in [6.45, 7) is 1.46. The van der Waals surface area contributed by atoms with E-state index in [-0.39, 0.29) is 5.82 Å². The number of hydrogen-bond acceptors (Lipinski definition) is 3. The molecule has 136 valence electrons. The monoisotopic (exact) mass is 363 g/mol. The summed E-state index contributed by atoms with van der Waals surface area (Å²) >= 11 is 1.63. The molecular weight excluding hydrogens is 337 g/mol. The highest BCUT2D eigenvalue weighted by atomic mass is 32.2. The van der Waals surface area contributed by atoms with Gasteiger partial charge in [-0.2, -0.15) is 0 Å². The SMILES string of the molecule is CN=C(NCc1cc(F)ccc1SC)NC1C2CCOC2C12CCC2. The van der Waals surface area contributed by atoms with Crippen molar-refractivity contribution < 1.29 is 9.13 Å². The van der Waals surface area contributed by atoms with Crippen LogP contribution in [0.4, 0.5) is 4.39 Å². The van der Waals surface area contributed by atoms with E-state index in [1.54, 1.807) is 24.9 Å². The van der Waals surface area contributed by atoms with Gasteiger partial charge in [0.25, 0.3) is 0 Å². The number of fused-ring (bicyclic) bond motifs is 2. The van der Waals surface area contributed by atoms with Gasteiger partial charge in [-0.25, -0.2) is 4.39 Å². The van der Waals surface area contributed by atoms with Gasteiger partial charge in [0.15, 0.2) is 5.96 Å². The van der Waals surface area contributed by atoms with E-state index in [4.69, 9.17) is 4.74 Å². The van der Waals surface area contributed by atoms with Gasteiger partial charge in [-0.15, -0.1) is 11.8 Å². The van der Waals surface area contributed by atoms with Gasteiger partial charge in [-0.1, -0.05) is 6.42 Å². The van der Waals surface area contributed by atoms with Crippen LogP contribution in [0.3, 0.4) is 0 Å². The lowest BCUT2D eigenvalue weighted by atomic mass is 9.46. The predicted molar refractivity (Wildman–Crippen MR) is 99.4 cm³/mol. The molecule has 0 bridgehead atoms. The largest absolute Gasteiger partial charge is 0.377 e. The first kappa shape index (κ1) is 17.2. The van der Waals surface area contributed by atoms with Crippen molar-refractivity contribution in [2.45, 2.75) is 49.3 Å². The Balaban J connectivity index is 1.41. The van der Waals surface area contributed by atoms with E-state index in [9.17, 15) is 4.39 Å². The number of hydrogen-bond donors (Lipinski definition) is 2. The average Bonchev–Trinajstić information content (AvgIpc) is 2.99. The third-order valence-corrected chi connectivity index (χ3v) is 7.08. The lowest BCUT2D eigenvalue weighted by molar-refractivity contribution is -0.171. The number of ether oxygens (including phenoxy) is 1. The Morgan fingerprint density at radius 1 is 1.44 bits per heavy atom. The number of halogens is 1. The fourth-order valence-electron chi connectivity index (χ4n) is 4.86. The first-order valence-corrected chi connectivity index (χ1v) is 10.3. The Morgan fingerprint density at radius 2 is 2.28 bits per heavy atom. The molecule has 4 nitrogen and oxygen atoms in total. The number of thioether (sulfide) groups is 1. The van der Waals surface area contributed by atoms with Crippen LogP contribution in [0, 0.1) is 17.2 Å². The summed E-state index contributed by atoms with van der Waals surface area (Å²) in [7, 11) is 1.80. The maximum atomic E-state index is 13.6. The lowest BCUT2D eigenvalue weighted by Crippen LogP contribution is -2.72. The maximum absolute atomic E-state index is 13.6. The van der Waals surface area contributed by atoms with E-state index in [2.05, 4.69) is 15.6 Å². The second-order valence-corrected chi connectivity index (χ2v) is 8.18. The number of nitrogens with one attached hydrogen (secondary N) is 2. The number of guanidine groups is 1. The van der Waals surface area contributed by atoms with Gasteiger partial charge in [0, 0.05) is 42.5 Å². The van der Waals surface area contributed by atoms with E-state index in [0.717, 1.165) is 29.4 Å². The van der Waals surface area contributed by atoms with E-state index in [0.29, 0.717) is 30.0 Å². The smallest absolute Gasteiger partial charge is 0.191 e. The molecule has 3 aliphatic rings. The van der Waals surface area contributed by atoms with E-state index < -0.39 is 0 Å². The zero-order valence-corrected chi connectivity index (χ0v) is 15.7. The molecule has 1 aromatic carbocycles. The highest BCUT2D eigenvalue weighted by molar-refractivity contribution is 7.98. The number of rotatable bonds is 4. The molecule has 25 heavy (non-hydrogen) atoms. The second kappa shape index (κ2) is 6.80. The third kappa shape index (κ3) is 2.83. The molecule has 1 heterocycles. The van der Waals surface area contributed by atoms with E-state index >= 15 is 0 Å². The van der Waals surface area contributed by atoms with Crippen molar-refractivity contribution in [3.05, 3.63) is 29.6 Å². The summed E-state index contributed by atoms with van der Waals surface area (Å²) in [6, 6.07) is 5.40. The molecule has 6 heteroatoms. The van der Waals surface area contributed by atoms with Gasteiger partial charge in [0.05, 0.1) is 6.10 Å². The quantitative estimate of drug-likeness (QED) is 0.490. The lowest BCUT2D eigenvalue weighted by Gasteiger charge is -2.63. The Hall–Kier alpha value is -1.27. The van der Waals surface area contributed by atoms with Gasteiger partial charge in [-0.3, -0.25) is 4.99 Å². The van der Waals surface area contributed by atoms with Crippen LogP contribution in [0.15, 0.2) is 28.1 Å². The maximum Gasteiger partial charge on any atom is 0.191 e. The highest BCUT2D eigenvalue weighted by Crippen LogP contribution is 2.62. The average molecular weight is 364 g/mol. The number of aliphatic imine (C=N–C) groups is 1. The molecule has 0 aromatic heterocycles. The first-order chi connectivity index (χ1) is 12.2. The molecule has 1 saturated heterocycles. The van der Waals surface area contributed by atoms with Crippen molar-refractivity contribution >= 4 is 17.7 Å². The molecule has 0 radical (unpaired) electrons. The molecule has 4 rings (SSSR count). The van der Waals surface area contributed by atoms with Crippen molar-refractivity contribution in [2.75, 3.05) is 19.9 Å². The van der Waals surface area contributed by atoms with Gasteiger partial charge in [-0.05, 0) is 49.3 Å². The first-order valence-electron chi connectivity index (χ1n) is 9.09. The Kier molecular flexibility index (Phi) is 4.67. The van der Waals surface area contributed by atoms with Crippen molar-refractivity contribution in [3.8, 4) is 0 Å². The predicted octanol–water partition coefficient (Wildman–Crippen LogP) is 3.17. The van der Waals surface area contributed by atoms with Crippen molar-refractivity contribution in [1.82, 2.24) is 10.6 Å². The van der Waals surface area contributed by atoms with Crippen LogP contribution in [0.5, 0.6) is 0 Å². The minimum atomic E-state index is -0.198. The standard InChI is InChI=1S/C19H26FN3OS/c1-21-18(22-11-12-10-13(20)4-5-15(12)25-2)23-16-14-6-9-24-17(14)19(16)7-3-8-19/h4-5,10,14,16-17H,3,6-9,11H2,1-2H3,(H2,21,22,23). The van der Waals surface area contributed by atoms with Gasteiger partial charge in [0.2, 0.25) is 0 Å². The van der Waals surface area contributed by atoms with Crippen LogP contribution in [0.25, 0.3) is 0 Å². The van der Waals surface area contributed by atoms with Crippen LogP contribution in [0.2, 0.25) is 0 Å². The van der Waals surface area contributed by atoms with Gasteiger partial charge in [0.1, 0.15) is 5.82 Å². The molecule has 1 spiro atoms. The Labute approximate surface area is 153 Å². The summed E-state index contributed by atoms with van der Waals surface area (Å²) in [5.41, 5.74) is 1.28. The zero-order valence-electron chi connectivity index (χ0n) is 14.8. The van der Waals surface area contributed by atoms with Crippen LogP contribution >= 0.6 is 11.8 Å². The second-order valence-electron chi connectivity index (χ2n) is 7.33. The van der Waals surface area contributed by atoms with Crippen LogP contribution in [0.1, 0.15) is 31.2 Å². The van der Waals surface area contributed by atoms with Crippen molar-refractivity contribution in [1.29, 1.82) is 0 Å². The van der Waals surface area contributed by atoms with Crippen molar-refractivity contribution in [2.24, 2.45) is 16.3 Å². The normalized spacial score (nSPS) is 29.7. The van der Waals surface area contributed by atoms with Gasteiger partial charge >= 0.3 is 0 Å². The van der Waals surface area contributed by atoms with E-state index in [1.165, 1.54) is 25.3 Å². The highest BCUT2D eigenvalue weighted by Gasteiger charge is 2.66. The molecule has 0 amide bonds. The Morgan fingerprint density at radius 3 is 2.96 bits per heavy atom. The van der Waals surface area contributed by atoms with Gasteiger partial charge < -0.3 is 15.4 Å². The molecule has 2 aliphatic carbocycles. The fraction of sp³-hybridized carbons (Fsp3) is 0.632. The third-order valence-electron chi connectivity index (χ3n) is 6.24. The molecule has 1 aliphatic heterocycles. The topological polar surface area (TPSA) is 45.7 Å². The minimum absolute atomic E-state index is 0.198. The fourth-order valence-corrected chi connectivity index (χ4v) is 5.46. The molecule has 3 unspecified atom stereocenters. The Bertz CT molecular complexity index is 677. The van der Waals surface area contributed by atoms with Crippen LogP contribution in [-0.2, 0) is 11.3 Å². The summed E-state index contributed by atoms with van der Waals surface area (Å²) in [5.74, 6) is 1.21. The zero-order chi connectivity index (χ0) is 17.4. The summed E-state index contributed by atoms with van der Waals surface area (Å²) in [5, 5.41) is 7.02. The molecular formula is C19H26FN3OS. The molecule has 1 aromatic rings. The minimum Gasteiger partial charge on any atom is -0.377 e. The van der Waals surface area contributed by atoms with Crippen LogP contribution < -0.4 is 10.6 Å². The van der Waals surface area contributed by atoms with E-state index in [1.807, 2.05) is 12.3 Å². The number of nitrogens with zero attached hydrogens (tertiary/aromatic N) is 1. The molecule has 3 fully saturated rings. The van der Waals surface area contributed by atoms with Crippen molar-refractivity contribution in [3.63, 3.8) is 0 Å². The van der Waals surface area contributed by atoms with Crippen LogP contribution in [-0.4, -0.2) is 38.0 Å². The number of benzene rings is 1. The molecule has 3 atom stereocenters. The molecule has 2 saturated carbocycles. The summed E-state index contributed by atoms with van der Waals surface area (Å²) in [6.07, 6.45) is 7.41. The summed E-state index contributed by atoms with van der Waals surface area (Å²) in [4.78, 5) is 5.48.